The van der Waals surface area contributed by atoms with Crippen molar-refractivity contribution in [2.45, 2.75) is 6.92 Å². The van der Waals surface area contributed by atoms with E-state index in [1.807, 2.05) is 23.1 Å². The molecule has 3 rings (SSSR count). The van der Waals surface area contributed by atoms with Crippen LogP contribution in [0.2, 0.25) is 5.02 Å². The number of anilines is 1. The molecular formula is C20H23ClN2O3. The Morgan fingerprint density at radius 2 is 1.73 bits per heavy atom. The van der Waals surface area contributed by atoms with E-state index in [9.17, 15) is 4.79 Å². The van der Waals surface area contributed by atoms with Crippen molar-refractivity contribution in [3.8, 4) is 11.5 Å². The van der Waals surface area contributed by atoms with E-state index < -0.39 is 0 Å². The van der Waals surface area contributed by atoms with E-state index in [1.165, 1.54) is 5.56 Å². The van der Waals surface area contributed by atoms with Crippen LogP contribution in [-0.4, -0.2) is 51.2 Å². The van der Waals surface area contributed by atoms with Crippen LogP contribution in [0.25, 0.3) is 0 Å². The van der Waals surface area contributed by atoms with E-state index in [4.69, 9.17) is 21.1 Å². The summed E-state index contributed by atoms with van der Waals surface area (Å²) < 4.78 is 10.6. The standard InChI is InChI=1S/C20H23ClN2O3/c1-14-4-5-15(21)12-18(14)22-8-10-23(11-9-22)20(24)17-13-16(25-2)6-7-19(17)26-3/h4-7,12-13H,8-11H2,1-3H3. The van der Waals surface area contributed by atoms with E-state index in [1.54, 1.807) is 32.4 Å². The Hall–Kier alpha value is -2.40. The molecule has 1 amide bonds. The molecule has 26 heavy (non-hydrogen) atoms. The average Bonchev–Trinajstić information content (AvgIpc) is 2.69. The van der Waals surface area contributed by atoms with Gasteiger partial charge in [0, 0.05) is 36.9 Å². The van der Waals surface area contributed by atoms with Crippen molar-refractivity contribution in [1.82, 2.24) is 4.90 Å². The number of carbonyl (C=O) groups is 1. The van der Waals surface area contributed by atoms with E-state index in [-0.39, 0.29) is 5.91 Å². The van der Waals surface area contributed by atoms with E-state index in [0.717, 1.165) is 23.8 Å². The van der Waals surface area contributed by atoms with Crippen LogP contribution < -0.4 is 14.4 Å². The van der Waals surface area contributed by atoms with Crippen molar-refractivity contribution in [1.29, 1.82) is 0 Å². The highest BCUT2D eigenvalue weighted by molar-refractivity contribution is 6.30. The highest BCUT2D eigenvalue weighted by atomic mass is 35.5. The zero-order valence-corrected chi connectivity index (χ0v) is 16.0. The Labute approximate surface area is 159 Å². The SMILES string of the molecule is COc1ccc(OC)c(C(=O)N2CCN(c3cc(Cl)ccc3C)CC2)c1. The minimum Gasteiger partial charge on any atom is -0.497 e. The molecule has 1 saturated heterocycles. The summed E-state index contributed by atoms with van der Waals surface area (Å²) in [6.45, 7) is 4.89. The summed E-state index contributed by atoms with van der Waals surface area (Å²) in [7, 11) is 3.15. The molecule has 1 aliphatic heterocycles. The monoisotopic (exact) mass is 374 g/mol. The maximum Gasteiger partial charge on any atom is 0.257 e. The summed E-state index contributed by atoms with van der Waals surface area (Å²) in [5.41, 5.74) is 2.84. The fourth-order valence-corrected chi connectivity index (χ4v) is 3.39. The summed E-state index contributed by atoms with van der Waals surface area (Å²) in [6.07, 6.45) is 0. The number of amides is 1. The van der Waals surface area contributed by atoms with Gasteiger partial charge < -0.3 is 19.3 Å². The number of nitrogens with zero attached hydrogens (tertiary/aromatic N) is 2. The summed E-state index contributed by atoms with van der Waals surface area (Å²) in [6, 6.07) is 11.2. The average molecular weight is 375 g/mol. The number of halogens is 1. The first kappa shape index (κ1) is 18.4. The molecule has 0 bridgehead atoms. The quantitative estimate of drug-likeness (QED) is 0.819. The smallest absolute Gasteiger partial charge is 0.257 e. The van der Waals surface area contributed by atoms with Crippen LogP contribution in [0, 0.1) is 6.92 Å². The van der Waals surface area contributed by atoms with Gasteiger partial charge in [-0.1, -0.05) is 17.7 Å². The molecule has 0 atom stereocenters. The maximum absolute atomic E-state index is 13.0. The van der Waals surface area contributed by atoms with Gasteiger partial charge in [0.25, 0.3) is 5.91 Å². The molecular weight excluding hydrogens is 352 g/mol. The number of methoxy groups -OCH3 is 2. The predicted molar refractivity (Wildman–Crippen MR) is 104 cm³/mol. The van der Waals surface area contributed by atoms with Gasteiger partial charge in [0.1, 0.15) is 11.5 Å². The van der Waals surface area contributed by atoms with E-state index in [0.29, 0.717) is 30.2 Å². The molecule has 0 aliphatic carbocycles. The number of piperazine rings is 1. The number of carbonyl (C=O) groups excluding carboxylic acids is 1. The second-order valence-electron chi connectivity index (χ2n) is 6.28. The van der Waals surface area contributed by atoms with Crippen LogP contribution in [-0.2, 0) is 0 Å². The van der Waals surface area contributed by atoms with Gasteiger partial charge in [0.2, 0.25) is 0 Å². The second kappa shape index (κ2) is 7.87. The fourth-order valence-electron chi connectivity index (χ4n) is 3.23. The molecule has 1 aliphatic rings. The molecule has 0 unspecified atom stereocenters. The molecule has 138 valence electrons. The Kier molecular flexibility index (Phi) is 5.57. The van der Waals surface area contributed by atoms with Crippen LogP contribution in [0.15, 0.2) is 36.4 Å². The summed E-state index contributed by atoms with van der Waals surface area (Å²) in [5, 5.41) is 0.727. The number of hydrogen-bond acceptors (Lipinski definition) is 4. The van der Waals surface area contributed by atoms with Gasteiger partial charge in [-0.05, 0) is 42.8 Å². The topological polar surface area (TPSA) is 42.0 Å². The van der Waals surface area contributed by atoms with Gasteiger partial charge in [-0.3, -0.25) is 4.79 Å². The van der Waals surface area contributed by atoms with Gasteiger partial charge in [-0.25, -0.2) is 0 Å². The Morgan fingerprint density at radius 1 is 1.00 bits per heavy atom. The lowest BCUT2D eigenvalue weighted by Gasteiger charge is -2.37. The maximum atomic E-state index is 13.0. The Balaban J connectivity index is 1.74. The summed E-state index contributed by atoms with van der Waals surface area (Å²) >= 11 is 6.14. The molecule has 2 aromatic rings. The molecule has 1 fully saturated rings. The van der Waals surface area contributed by atoms with Crippen molar-refractivity contribution >= 4 is 23.2 Å². The van der Waals surface area contributed by atoms with Crippen molar-refractivity contribution in [3.05, 3.63) is 52.5 Å². The van der Waals surface area contributed by atoms with Crippen LogP contribution in [0.1, 0.15) is 15.9 Å². The molecule has 2 aromatic carbocycles. The zero-order valence-electron chi connectivity index (χ0n) is 15.3. The number of hydrogen-bond donors (Lipinski definition) is 0. The molecule has 0 saturated carbocycles. The second-order valence-corrected chi connectivity index (χ2v) is 6.71. The molecule has 0 spiro atoms. The van der Waals surface area contributed by atoms with Crippen molar-refractivity contribution < 1.29 is 14.3 Å². The third-order valence-electron chi connectivity index (χ3n) is 4.72. The van der Waals surface area contributed by atoms with Crippen molar-refractivity contribution in [3.63, 3.8) is 0 Å². The third-order valence-corrected chi connectivity index (χ3v) is 4.95. The first-order valence-electron chi connectivity index (χ1n) is 8.56. The van der Waals surface area contributed by atoms with Gasteiger partial charge in [-0.15, -0.1) is 0 Å². The largest absolute Gasteiger partial charge is 0.497 e. The minimum atomic E-state index is -0.0387. The number of ether oxygens (including phenoxy) is 2. The normalized spacial score (nSPS) is 14.3. The number of rotatable bonds is 4. The van der Waals surface area contributed by atoms with Crippen LogP contribution in [0.4, 0.5) is 5.69 Å². The van der Waals surface area contributed by atoms with Crippen LogP contribution >= 0.6 is 11.6 Å². The number of aryl methyl sites for hydroxylation is 1. The van der Waals surface area contributed by atoms with Crippen molar-refractivity contribution in [2.75, 3.05) is 45.3 Å². The lowest BCUT2D eigenvalue weighted by molar-refractivity contribution is 0.0743. The Morgan fingerprint density at radius 3 is 2.38 bits per heavy atom. The molecule has 0 aromatic heterocycles. The molecule has 5 nitrogen and oxygen atoms in total. The van der Waals surface area contributed by atoms with Crippen LogP contribution in [0.3, 0.4) is 0 Å². The van der Waals surface area contributed by atoms with Gasteiger partial charge in [-0.2, -0.15) is 0 Å². The fraction of sp³-hybridized carbons (Fsp3) is 0.350. The first-order valence-corrected chi connectivity index (χ1v) is 8.93. The van der Waals surface area contributed by atoms with Crippen molar-refractivity contribution in [2.24, 2.45) is 0 Å². The summed E-state index contributed by atoms with van der Waals surface area (Å²) in [5.74, 6) is 1.16. The molecule has 0 radical (unpaired) electrons. The minimum absolute atomic E-state index is 0.0387. The lowest BCUT2D eigenvalue weighted by Crippen LogP contribution is -2.49. The zero-order chi connectivity index (χ0) is 18.7. The van der Waals surface area contributed by atoms with E-state index in [2.05, 4.69) is 11.8 Å². The van der Waals surface area contributed by atoms with E-state index >= 15 is 0 Å². The third kappa shape index (κ3) is 3.73. The van der Waals surface area contributed by atoms with Crippen LogP contribution in [0.5, 0.6) is 11.5 Å². The van der Waals surface area contributed by atoms with Gasteiger partial charge in [0.05, 0.1) is 19.8 Å². The highest BCUT2D eigenvalue weighted by Gasteiger charge is 2.25. The summed E-state index contributed by atoms with van der Waals surface area (Å²) in [4.78, 5) is 17.1. The highest BCUT2D eigenvalue weighted by Crippen LogP contribution is 2.28. The van der Waals surface area contributed by atoms with Gasteiger partial charge >= 0.3 is 0 Å². The lowest BCUT2D eigenvalue weighted by atomic mass is 10.1. The van der Waals surface area contributed by atoms with Gasteiger partial charge in [0.15, 0.2) is 0 Å². The first-order chi connectivity index (χ1) is 12.5. The molecule has 1 heterocycles. The number of benzene rings is 2. The predicted octanol–water partition coefficient (Wildman–Crippen LogP) is 3.63. The molecule has 6 heteroatoms. The molecule has 0 N–H and O–H groups in total. The Bertz CT molecular complexity index is 802.